The molecule has 0 atom stereocenters. The van der Waals surface area contributed by atoms with Crippen molar-refractivity contribution in [2.45, 2.75) is 20.4 Å². The van der Waals surface area contributed by atoms with Gasteiger partial charge in [0.25, 0.3) is 5.56 Å². The highest BCUT2D eigenvalue weighted by atomic mass is 16.6. The van der Waals surface area contributed by atoms with E-state index in [0.717, 1.165) is 0 Å². The van der Waals surface area contributed by atoms with Crippen LogP contribution in [-0.4, -0.2) is 14.9 Å². The molecule has 0 aliphatic heterocycles. The van der Waals surface area contributed by atoms with Gasteiger partial charge in [-0.3, -0.25) is 4.79 Å². The smallest absolute Gasteiger partial charge is 0.253 e. The molecular formula is C10H11N3O2. The summed E-state index contributed by atoms with van der Waals surface area (Å²) in [7, 11) is 0. The van der Waals surface area contributed by atoms with Gasteiger partial charge < -0.3 is 4.57 Å². The Hall–Kier alpha value is -1.91. The molecule has 0 amide bonds. The van der Waals surface area contributed by atoms with Crippen molar-refractivity contribution in [3.63, 3.8) is 0 Å². The molecule has 2 rings (SSSR count). The Labute approximate surface area is 86.3 Å². The van der Waals surface area contributed by atoms with E-state index in [0.29, 0.717) is 23.5 Å². The van der Waals surface area contributed by atoms with Gasteiger partial charge in [-0.1, -0.05) is 16.4 Å². The van der Waals surface area contributed by atoms with Crippen LogP contribution in [0.25, 0.3) is 0 Å². The van der Waals surface area contributed by atoms with Crippen molar-refractivity contribution < 1.29 is 4.63 Å². The lowest BCUT2D eigenvalue weighted by Gasteiger charge is -2.03. The molecule has 15 heavy (non-hydrogen) atoms. The van der Waals surface area contributed by atoms with Crippen molar-refractivity contribution in [1.29, 1.82) is 0 Å². The number of aryl methyl sites for hydroxylation is 2. The van der Waals surface area contributed by atoms with E-state index in [2.05, 4.69) is 14.9 Å². The van der Waals surface area contributed by atoms with Crippen LogP contribution >= 0.6 is 0 Å². The first-order valence-electron chi connectivity index (χ1n) is 4.62. The van der Waals surface area contributed by atoms with Crippen molar-refractivity contribution in [3.05, 3.63) is 45.6 Å². The van der Waals surface area contributed by atoms with E-state index in [1.807, 2.05) is 6.07 Å². The molecule has 0 aliphatic rings. The lowest BCUT2D eigenvalue weighted by molar-refractivity contribution is 0.300. The zero-order valence-electron chi connectivity index (χ0n) is 8.60. The van der Waals surface area contributed by atoms with Crippen LogP contribution in [0.4, 0.5) is 0 Å². The second-order valence-corrected chi connectivity index (χ2v) is 3.42. The average molecular weight is 205 g/mol. The predicted octanol–water partition coefficient (Wildman–Crippen LogP) is 0.896. The third kappa shape index (κ3) is 1.81. The highest BCUT2D eigenvalue weighted by molar-refractivity contribution is 5.11. The van der Waals surface area contributed by atoms with E-state index < -0.39 is 0 Å². The van der Waals surface area contributed by atoms with Crippen LogP contribution in [0, 0.1) is 13.8 Å². The van der Waals surface area contributed by atoms with Crippen LogP contribution in [0.5, 0.6) is 0 Å². The summed E-state index contributed by atoms with van der Waals surface area (Å²) < 4.78 is 6.16. The Morgan fingerprint density at radius 3 is 2.87 bits per heavy atom. The minimum absolute atomic E-state index is 0.0140. The third-order valence-corrected chi connectivity index (χ3v) is 2.28. The van der Waals surface area contributed by atoms with Crippen LogP contribution < -0.4 is 5.56 Å². The fourth-order valence-corrected chi connectivity index (χ4v) is 1.34. The molecule has 2 heterocycles. The van der Waals surface area contributed by atoms with E-state index >= 15 is 0 Å². The average Bonchev–Trinajstić information content (AvgIpc) is 2.60. The molecule has 0 aromatic carbocycles. The third-order valence-electron chi connectivity index (χ3n) is 2.28. The lowest BCUT2D eigenvalue weighted by Crippen LogP contribution is -2.22. The Bertz CT molecular complexity index is 527. The van der Waals surface area contributed by atoms with E-state index in [1.54, 1.807) is 30.7 Å². The molecule has 0 aliphatic carbocycles. The Balaban J connectivity index is 2.37. The maximum absolute atomic E-state index is 11.7. The van der Waals surface area contributed by atoms with E-state index in [9.17, 15) is 4.79 Å². The van der Waals surface area contributed by atoms with Crippen molar-refractivity contribution >= 4 is 0 Å². The van der Waals surface area contributed by atoms with Crippen LogP contribution in [0.3, 0.4) is 0 Å². The first-order valence-corrected chi connectivity index (χ1v) is 4.62. The molecule has 0 bridgehead atoms. The van der Waals surface area contributed by atoms with Crippen molar-refractivity contribution in [3.8, 4) is 0 Å². The summed E-state index contributed by atoms with van der Waals surface area (Å²) in [6, 6.07) is 3.62. The Kier molecular flexibility index (Phi) is 2.37. The normalized spacial score (nSPS) is 10.5. The number of rotatable bonds is 2. The molecule has 0 saturated heterocycles. The monoisotopic (exact) mass is 205 g/mol. The van der Waals surface area contributed by atoms with Gasteiger partial charge in [0, 0.05) is 11.8 Å². The number of pyridine rings is 1. The zero-order valence-corrected chi connectivity index (χ0v) is 8.60. The maximum atomic E-state index is 11.7. The summed E-state index contributed by atoms with van der Waals surface area (Å²) in [4.78, 5) is 11.7. The number of nitrogens with zero attached hydrogens (tertiary/aromatic N) is 3. The fourth-order valence-electron chi connectivity index (χ4n) is 1.34. The van der Waals surface area contributed by atoms with Gasteiger partial charge in [-0.2, -0.15) is 0 Å². The van der Waals surface area contributed by atoms with E-state index in [-0.39, 0.29) is 5.56 Å². The maximum Gasteiger partial charge on any atom is 0.253 e. The molecule has 0 fully saturated rings. The molecule has 0 N–H and O–H groups in total. The minimum Gasteiger partial charge on any atom is -0.309 e. The second-order valence-electron chi connectivity index (χ2n) is 3.42. The molecule has 0 saturated carbocycles. The van der Waals surface area contributed by atoms with Gasteiger partial charge in [-0.25, -0.2) is 4.63 Å². The Morgan fingerprint density at radius 2 is 2.20 bits per heavy atom. The van der Waals surface area contributed by atoms with Gasteiger partial charge in [-0.05, 0) is 19.9 Å². The van der Waals surface area contributed by atoms with Crippen molar-refractivity contribution in [2.24, 2.45) is 0 Å². The van der Waals surface area contributed by atoms with Crippen LogP contribution in [0.2, 0.25) is 0 Å². The van der Waals surface area contributed by atoms with Crippen molar-refractivity contribution in [2.75, 3.05) is 0 Å². The standard InChI is InChI=1S/C10H11N3O2/c1-7-4-3-5-13(10(7)14)6-9-8(2)11-15-12-9/h3-5H,6H2,1-2H3. The van der Waals surface area contributed by atoms with Gasteiger partial charge in [0.05, 0.1) is 6.54 Å². The molecule has 2 aromatic heterocycles. The molecule has 2 aromatic rings. The molecule has 5 nitrogen and oxygen atoms in total. The molecule has 0 unspecified atom stereocenters. The van der Waals surface area contributed by atoms with Gasteiger partial charge in [-0.15, -0.1) is 0 Å². The first kappa shape index (κ1) is 9.64. The van der Waals surface area contributed by atoms with Crippen molar-refractivity contribution in [1.82, 2.24) is 14.9 Å². The van der Waals surface area contributed by atoms with E-state index in [1.165, 1.54) is 0 Å². The predicted molar refractivity (Wildman–Crippen MR) is 53.6 cm³/mol. The van der Waals surface area contributed by atoms with E-state index in [4.69, 9.17) is 0 Å². The molecule has 5 heteroatoms. The first-order chi connectivity index (χ1) is 7.18. The zero-order chi connectivity index (χ0) is 10.8. The number of aromatic nitrogens is 3. The summed E-state index contributed by atoms with van der Waals surface area (Å²) in [6.07, 6.45) is 1.73. The van der Waals surface area contributed by atoms with Gasteiger partial charge >= 0.3 is 0 Å². The fraction of sp³-hybridized carbons (Fsp3) is 0.300. The number of hydrogen-bond acceptors (Lipinski definition) is 4. The summed E-state index contributed by atoms with van der Waals surface area (Å²) in [5.41, 5.74) is 2.10. The summed E-state index contributed by atoms with van der Waals surface area (Å²) in [5.74, 6) is 0. The summed E-state index contributed by atoms with van der Waals surface area (Å²) >= 11 is 0. The second kappa shape index (κ2) is 3.68. The Morgan fingerprint density at radius 1 is 1.40 bits per heavy atom. The van der Waals surface area contributed by atoms with Crippen LogP contribution in [-0.2, 0) is 6.54 Å². The van der Waals surface area contributed by atoms with Gasteiger partial charge in [0.1, 0.15) is 11.4 Å². The summed E-state index contributed by atoms with van der Waals surface area (Å²) in [6.45, 7) is 3.98. The highest BCUT2D eigenvalue weighted by Crippen LogP contribution is 2.02. The van der Waals surface area contributed by atoms with Crippen LogP contribution in [0.1, 0.15) is 17.0 Å². The van der Waals surface area contributed by atoms with Gasteiger partial charge in [0.15, 0.2) is 0 Å². The van der Waals surface area contributed by atoms with Gasteiger partial charge in [0.2, 0.25) is 0 Å². The largest absolute Gasteiger partial charge is 0.309 e. The molecular weight excluding hydrogens is 194 g/mol. The highest BCUT2D eigenvalue weighted by Gasteiger charge is 2.07. The molecule has 78 valence electrons. The quantitative estimate of drug-likeness (QED) is 0.730. The molecule has 0 spiro atoms. The molecule has 0 radical (unpaired) electrons. The number of hydrogen-bond donors (Lipinski definition) is 0. The lowest BCUT2D eigenvalue weighted by atomic mass is 10.3. The topological polar surface area (TPSA) is 60.9 Å². The summed E-state index contributed by atoms with van der Waals surface area (Å²) in [5, 5.41) is 7.40. The van der Waals surface area contributed by atoms with Crippen LogP contribution in [0.15, 0.2) is 27.8 Å². The SMILES string of the molecule is Cc1nonc1Cn1cccc(C)c1=O. The minimum atomic E-state index is -0.0140.